The third-order valence-corrected chi connectivity index (χ3v) is 3.50. The first kappa shape index (κ1) is 15.4. The van der Waals surface area contributed by atoms with Crippen molar-refractivity contribution < 1.29 is 4.79 Å². The first-order valence-electron chi connectivity index (χ1n) is 7.41. The minimum absolute atomic E-state index is 0.135. The maximum absolute atomic E-state index is 12.5. The fourth-order valence-electron chi connectivity index (χ4n) is 2.29. The van der Waals surface area contributed by atoms with Gasteiger partial charge in [0.25, 0.3) is 0 Å². The van der Waals surface area contributed by atoms with Crippen LogP contribution in [0.4, 0.5) is 0 Å². The number of aromatic nitrogens is 2. The highest BCUT2D eigenvalue weighted by molar-refractivity contribution is 5.98. The molecule has 2 rings (SSSR count). The van der Waals surface area contributed by atoms with E-state index in [9.17, 15) is 4.79 Å². The van der Waals surface area contributed by atoms with Gasteiger partial charge in [0.2, 0.25) is 0 Å². The van der Waals surface area contributed by atoms with Crippen molar-refractivity contribution in [1.82, 2.24) is 15.1 Å². The van der Waals surface area contributed by atoms with Crippen LogP contribution in [0.5, 0.6) is 0 Å². The minimum Gasteiger partial charge on any atom is -0.319 e. The normalized spacial score (nSPS) is 11.0. The molecule has 0 bridgehead atoms. The Morgan fingerprint density at radius 3 is 2.71 bits per heavy atom. The molecule has 1 aromatic heterocycles. The SMILES string of the molecule is CNCCc1ccccc1C(=O)Cc1ccn(C(C)C)n1. The summed E-state index contributed by atoms with van der Waals surface area (Å²) in [6, 6.07) is 10.1. The summed E-state index contributed by atoms with van der Waals surface area (Å²) in [7, 11) is 1.92. The smallest absolute Gasteiger partial charge is 0.169 e. The van der Waals surface area contributed by atoms with Crippen LogP contribution < -0.4 is 5.32 Å². The Morgan fingerprint density at radius 1 is 1.29 bits per heavy atom. The quantitative estimate of drug-likeness (QED) is 0.796. The van der Waals surface area contributed by atoms with Crippen molar-refractivity contribution in [2.75, 3.05) is 13.6 Å². The third kappa shape index (κ3) is 4.02. The van der Waals surface area contributed by atoms with E-state index < -0.39 is 0 Å². The molecule has 1 heterocycles. The Morgan fingerprint density at radius 2 is 2.05 bits per heavy atom. The summed E-state index contributed by atoms with van der Waals surface area (Å²) in [4.78, 5) is 12.5. The zero-order valence-electron chi connectivity index (χ0n) is 13.0. The Hall–Kier alpha value is -1.94. The van der Waals surface area contributed by atoms with E-state index in [0.717, 1.165) is 29.8 Å². The van der Waals surface area contributed by atoms with Crippen LogP contribution in [0.2, 0.25) is 0 Å². The largest absolute Gasteiger partial charge is 0.319 e. The summed E-state index contributed by atoms with van der Waals surface area (Å²) in [5.74, 6) is 0.135. The van der Waals surface area contributed by atoms with E-state index in [1.165, 1.54) is 0 Å². The van der Waals surface area contributed by atoms with Gasteiger partial charge in [0.15, 0.2) is 5.78 Å². The van der Waals surface area contributed by atoms with E-state index in [2.05, 4.69) is 24.3 Å². The third-order valence-electron chi connectivity index (χ3n) is 3.50. The number of carbonyl (C=O) groups is 1. The molecule has 0 aliphatic rings. The minimum atomic E-state index is 0.135. The molecular formula is C17H23N3O. The number of likely N-dealkylation sites (N-methyl/N-ethyl adjacent to an activating group) is 1. The number of hydrogen-bond acceptors (Lipinski definition) is 3. The molecule has 0 radical (unpaired) electrons. The molecule has 2 aromatic rings. The Balaban J connectivity index is 2.12. The van der Waals surface area contributed by atoms with Gasteiger partial charge in [0.1, 0.15) is 0 Å². The molecule has 112 valence electrons. The molecule has 0 atom stereocenters. The van der Waals surface area contributed by atoms with E-state index in [4.69, 9.17) is 0 Å². The van der Waals surface area contributed by atoms with Crippen molar-refractivity contribution in [3.63, 3.8) is 0 Å². The van der Waals surface area contributed by atoms with Gasteiger partial charge < -0.3 is 5.32 Å². The predicted molar refractivity (Wildman–Crippen MR) is 84.7 cm³/mol. The molecule has 0 fully saturated rings. The van der Waals surface area contributed by atoms with Gasteiger partial charge >= 0.3 is 0 Å². The van der Waals surface area contributed by atoms with Crippen LogP contribution in [0.25, 0.3) is 0 Å². The zero-order valence-corrected chi connectivity index (χ0v) is 13.0. The molecule has 0 aliphatic heterocycles. The number of carbonyl (C=O) groups excluding carboxylic acids is 1. The summed E-state index contributed by atoms with van der Waals surface area (Å²) in [6.45, 7) is 5.02. The maximum atomic E-state index is 12.5. The van der Waals surface area contributed by atoms with Crippen molar-refractivity contribution in [1.29, 1.82) is 0 Å². The van der Waals surface area contributed by atoms with Gasteiger partial charge in [0, 0.05) is 17.8 Å². The van der Waals surface area contributed by atoms with Gasteiger partial charge in [-0.05, 0) is 45.5 Å². The molecule has 0 spiro atoms. The van der Waals surface area contributed by atoms with Crippen LogP contribution >= 0.6 is 0 Å². The monoisotopic (exact) mass is 285 g/mol. The van der Waals surface area contributed by atoms with Gasteiger partial charge in [-0.1, -0.05) is 24.3 Å². The van der Waals surface area contributed by atoms with E-state index in [1.807, 2.05) is 48.3 Å². The lowest BCUT2D eigenvalue weighted by atomic mass is 9.98. The molecule has 4 nitrogen and oxygen atoms in total. The van der Waals surface area contributed by atoms with Crippen LogP contribution in [-0.4, -0.2) is 29.2 Å². The lowest BCUT2D eigenvalue weighted by molar-refractivity contribution is 0.0991. The second-order valence-corrected chi connectivity index (χ2v) is 5.49. The van der Waals surface area contributed by atoms with E-state index in [0.29, 0.717) is 12.5 Å². The zero-order chi connectivity index (χ0) is 15.2. The van der Waals surface area contributed by atoms with E-state index in [-0.39, 0.29) is 5.78 Å². The van der Waals surface area contributed by atoms with Gasteiger partial charge in [-0.15, -0.1) is 0 Å². The predicted octanol–water partition coefficient (Wildman–Crippen LogP) is 2.65. The molecule has 0 aliphatic carbocycles. The van der Waals surface area contributed by atoms with Gasteiger partial charge in [-0.3, -0.25) is 9.48 Å². The van der Waals surface area contributed by atoms with Crippen molar-refractivity contribution in [3.05, 3.63) is 53.3 Å². The van der Waals surface area contributed by atoms with Crippen LogP contribution in [-0.2, 0) is 12.8 Å². The summed E-state index contributed by atoms with van der Waals surface area (Å²) < 4.78 is 1.88. The number of rotatable bonds is 7. The number of Topliss-reactive ketones (excluding diaryl/α,β-unsaturated/α-hetero) is 1. The van der Waals surface area contributed by atoms with Gasteiger partial charge in [-0.25, -0.2) is 0 Å². The lowest BCUT2D eigenvalue weighted by Gasteiger charge is -2.08. The second-order valence-electron chi connectivity index (χ2n) is 5.49. The van der Waals surface area contributed by atoms with Gasteiger partial charge in [0.05, 0.1) is 12.1 Å². The first-order valence-corrected chi connectivity index (χ1v) is 7.41. The average Bonchev–Trinajstić information content (AvgIpc) is 2.94. The van der Waals surface area contributed by atoms with Crippen molar-refractivity contribution in [3.8, 4) is 0 Å². The number of benzene rings is 1. The highest BCUT2D eigenvalue weighted by atomic mass is 16.1. The standard InChI is InChI=1S/C17H23N3O/c1-13(2)20-11-9-15(19-20)12-17(21)16-7-5-4-6-14(16)8-10-18-3/h4-7,9,11,13,18H,8,10,12H2,1-3H3. The lowest BCUT2D eigenvalue weighted by Crippen LogP contribution is -2.14. The average molecular weight is 285 g/mol. The van der Waals surface area contributed by atoms with E-state index in [1.54, 1.807) is 0 Å². The van der Waals surface area contributed by atoms with Crippen LogP contribution in [0, 0.1) is 0 Å². The molecule has 1 N–H and O–H groups in total. The van der Waals surface area contributed by atoms with Crippen LogP contribution in [0.1, 0.15) is 41.5 Å². The highest BCUT2D eigenvalue weighted by Crippen LogP contribution is 2.13. The molecule has 0 saturated heterocycles. The summed E-state index contributed by atoms with van der Waals surface area (Å²) in [6.07, 6.45) is 3.15. The van der Waals surface area contributed by atoms with E-state index >= 15 is 0 Å². The highest BCUT2D eigenvalue weighted by Gasteiger charge is 2.13. The van der Waals surface area contributed by atoms with Crippen molar-refractivity contribution >= 4 is 5.78 Å². The topological polar surface area (TPSA) is 46.9 Å². The number of ketones is 1. The number of nitrogens with one attached hydrogen (secondary N) is 1. The molecule has 0 amide bonds. The Bertz CT molecular complexity index is 602. The van der Waals surface area contributed by atoms with Crippen LogP contribution in [0.15, 0.2) is 36.5 Å². The molecule has 1 aromatic carbocycles. The maximum Gasteiger partial charge on any atom is 0.169 e. The molecule has 0 saturated carbocycles. The van der Waals surface area contributed by atoms with Crippen LogP contribution in [0.3, 0.4) is 0 Å². The van der Waals surface area contributed by atoms with Crippen molar-refractivity contribution in [2.45, 2.75) is 32.7 Å². The summed E-state index contributed by atoms with van der Waals surface area (Å²) >= 11 is 0. The fraction of sp³-hybridized carbons (Fsp3) is 0.412. The molecule has 0 unspecified atom stereocenters. The Labute approximate surface area is 126 Å². The summed E-state index contributed by atoms with van der Waals surface area (Å²) in [5, 5.41) is 7.57. The molecule has 4 heteroatoms. The molecular weight excluding hydrogens is 262 g/mol. The first-order chi connectivity index (χ1) is 10.1. The Kier molecular flexibility index (Phi) is 5.28. The second kappa shape index (κ2) is 7.18. The number of hydrogen-bond donors (Lipinski definition) is 1. The fourth-order valence-corrected chi connectivity index (χ4v) is 2.29. The van der Waals surface area contributed by atoms with Crippen molar-refractivity contribution in [2.24, 2.45) is 0 Å². The molecule has 21 heavy (non-hydrogen) atoms. The number of nitrogens with zero attached hydrogens (tertiary/aromatic N) is 2. The van der Waals surface area contributed by atoms with Gasteiger partial charge in [-0.2, -0.15) is 5.10 Å². The summed E-state index contributed by atoms with van der Waals surface area (Å²) in [5.41, 5.74) is 2.74.